The molecule has 0 fully saturated rings. The minimum atomic E-state index is -3.71. The van der Waals surface area contributed by atoms with E-state index in [0.717, 1.165) is 10.3 Å². The van der Waals surface area contributed by atoms with Gasteiger partial charge in [-0.3, -0.25) is 10.1 Å². The van der Waals surface area contributed by atoms with Crippen molar-refractivity contribution in [2.24, 2.45) is 0 Å². The molecule has 0 saturated carbocycles. The van der Waals surface area contributed by atoms with E-state index in [0.29, 0.717) is 32.8 Å². The third kappa shape index (κ3) is 5.05. The molecule has 6 nitrogen and oxygen atoms in total. The molecule has 0 saturated heterocycles. The van der Waals surface area contributed by atoms with Gasteiger partial charge in [0.1, 0.15) is 5.52 Å². The Morgan fingerprint density at radius 2 is 1.73 bits per heavy atom. The van der Waals surface area contributed by atoms with Crippen molar-refractivity contribution in [3.63, 3.8) is 0 Å². The number of hydrogen-bond donors (Lipinski definition) is 1. The summed E-state index contributed by atoms with van der Waals surface area (Å²) < 4.78 is 28.4. The van der Waals surface area contributed by atoms with E-state index >= 15 is 0 Å². The highest BCUT2D eigenvalue weighted by Gasteiger charge is 2.23. The van der Waals surface area contributed by atoms with Gasteiger partial charge < -0.3 is 0 Å². The van der Waals surface area contributed by atoms with Gasteiger partial charge in [-0.05, 0) is 42.0 Å². The molecule has 0 unspecified atom stereocenters. The van der Waals surface area contributed by atoms with Gasteiger partial charge in [-0.25, -0.2) is 13.4 Å². The van der Waals surface area contributed by atoms with Gasteiger partial charge in [0.05, 0.1) is 19.6 Å². The topological polar surface area (TPSA) is 79.4 Å². The second-order valence-corrected chi connectivity index (χ2v) is 10.9. The monoisotopic (exact) mass is 519 g/mol. The predicted octanol–water partition coefficient (Wildman–Crippen LogP) is 6.07. The maximum atomic E-state index is 13.1. The van der Waals surface area contributed by atoms with Gasteiger partial charge >= 0.3 is 0 Å². The Labute approximate surface area is 205 Å². The molecule has 1 heterocycles. The first-order valence-electron chi connectivity index (χ1n) is 9.99. The van der Waals surface area contributed by atoms with Gasteiger partial charge in [0.25, 0.3) is 5.91 Å². The van der Waals surface area contributed by atoms with Crippen LogP contribution in [0.3, 0.4) is 0 Å². The van der Waals surface area contributed by atoms with E-state index in [2.05, 4.69) is 10.3 Å². The fourth-order valence-corrected chi connectivity index (χ4v) is 5.96. The molecule has 4 aromatic rings. The maximum absolute atomic E-state index is 13.1. The zero-order valence-corrected chi connectivity index (χ0v) is 20.6. The van der Waals surface area contributed by atoms with Crippen LogP contribution in [0.2, 0.25) is 10.0 Å². The number of nitrogens with zero attached hydrogens (tertiary/aromatic N) is 2. The van der Waals surface area contributed by atoms with Crippen LogP contribution in [0.5, 0.6) is 0 Å². The van der Waals surface area contributed by atoms with Crippen LogP contribution in [0.4, 0.5) is 5.13 Å². The number of hydrogen-bond acceptors (Lipinski definition) is 5. The molecule has 1 amide bonds. The van der Waals surface area contributed by atoms with E-state index in [1.165, 1.54) is 39.9 Å². The highest BCUT2D eigenvalue weighted by Crippen LogP contribution is 2.35. The summed E-state index contributed by atoms with van der Waals surface area (Å²) in [5, 5.41) is 3.81. The Balaban J connectivity index is 1.51. The van der Waals surface area contributed by atoms with Crippen molar-refractivity contribution in [1.29, 1.82) is 0 Å². The Kier molecular flexibility index (Phi) is 7.02. The highest BCUT2D eigenvalue weighted by molar-refractivity contribution is 7.89. The second-order valence-electron chi connectivity index (χ2n) is 7.12. The van der Waals surface area contributed by atoms with Crippen molar-refractivity contribution in [2.45, 2.75) is 18.4 Å². The van der Waals surface area contributed by atoms with Gasteiger partial charge in [0, 0.05) is 18.7 Å². The SMILES string of the molecule is CCN(Cc1ccccc1)S(=O)(=O)c1ccc(C(=O)Nc2nc3c(Cl)c(Cl)ccc3s2)cc1. The molecule has 0 bridgehead atoms. The molecule has 0 spiro atoms. The van der Waals surface area contributed by atoms with E-state index in [1.807, 2.05) is 30.3 Å². The molecule has 0 aliphatic rings. The number of benzene rings is 3. The Morgan fingerprint density at radius 1 is 1.03 bits per heavy atom. The Bertz CT molecular complexity index is 1410. The molecule has 3 aromatic carbocycles. The van der Waals surface area contributed by atoms with Crippen LogP contribution < -0.4 is 5.32 Å². The molecule has 10 heteroatoms. The highest BCUT2D eigenvalue weighted by atomic mass is 35.5. The minimum absolute atomic E-state index is 0.123. The second kappa shape index (κ2) is 9.79. The van der Waals surface area contributed by atoms with Crippen LogP contribution in [0.25, 0.3) is 10.2 Å². The van der Waals surface area contributed by atoms with Crippen LogP contribution in [0, 0.1) is 0 Å². The molecule has 1 N–H and O–H groups in total. The summed E-state index contributed by atoms with van der Waals surface area (Å²) in [6.45, 7) is 2.38. The van der Waals surface area contributed by atoms with Gasteiger partial charge in [-0.1, -0.05) is 71.8 Å². The molecule has 4 rings (SSSR count). The first kappa shape index (κ1) is 23.7. The standard InChI is InChI=1S/C23H19Cl2N3O3S2/c1-2-28(14-15-6-4-3-5-7-15)33(30,31)17-10-8-16(9-11-17)22(29)27-23-26-21-19(32-23)13-12-18(24)20(21)25/h3-13H,2,14H2,1H3,(H,26,27,29). The van der Waals surface area contributed by atoms with E-state index in [-0.39, 0.29) is 11.4 Å². The lowest BCUT2D eigenvalue weighted by Gasteiger charge is -2.20. The lowest BCUT2D eigenvalue weighted by molar-refractivity contribution is 0.102. The van der Waals surface area contributed by atoms with E-state index in [4.69, 9.17) is 23.2 Å². The lowest BCUT2D eigenvalue weighted by atomic mass is 10.2. The number of fused-ring (bicyclic) bond motifs is 1. The van der Waals surface area contributed by atoms with Crippen LogP contribution in [-0.4, -0.2) is 30.2 Å². The number of amides is 1. The predicted molar refractivity (Wildman–Crippen MR) is 134 cm³/mol. The fourth-order valence-electron chi connectivity index (χ4n) is 3.24. The zero-order valence-electron chi connectivity index (χ0n) is 17.5. The van der Waals surface area contributed by atoms with E-state index < -0.39 is 15.9 Å². The van der Waals surface area contributed by atoms with Gasteiger partial charge in [0.15, 0.2) is 5.13 Å². The van der Waals surface area contributed by atoms with Gasteiger partial charge in [-0.15, -0.1) is 0 Å². The first-order chi connectivity index (χ1) is 15.8. The average Bonchev–Trinajstić information content (AvgIpc) is 3.24. The third-order valence-electron chi connectivity index (χ3n) is 4.98. The molecule has 0 aliphatic heterocycles. The number of thiazole rings is 1. The van der Waals surface area contributed by atoms with E-state index in [9.17, 15) is 13.2 Å². The summed E-state index contributed by atoms with van der Waals surface area (Å²) in [6.07, 6.45) is 0. The first-order valence-corrected chi connectivity index (χ1v) is 13.0. The maximum Gasteiger partial charge on any atom is 0.257 e. The number of aromatic nitrogens is 1. The summed E-state index contributed by atoms with van der Waals surface area (Å²) in [4.78, 5) is 17.1. The van der Waals surface area contributed by atoms with Crippen LogP contribution >= 0.6 is 34.5 Å². The Hall–Kier alpha value is -2.49. The summed E-state index contributed by atoms with van der Waals surface area (Å²) in [5.41, 5.74) is 1.73. The number of carbonyl (C=O) groups excluding carboxylic acids is 1. The van der Waals surface area contributed by atoms with Crippen LogP contribution in [-0.2, 0) is 16.6 Å². The molecule has 170 valence electrons. The minimum Gasteiger partial charge on any atom is -0.298 e. The van der Waals surface area contributed by atoms with Gasteiger partial charge in [-0.2, -0.15) is 4.31 Å². The molecule has 1 aromatic heterocycles. The number of rotatable bonds is 7. The smallest absolute Gasteiger partial charge is 0.257 e. The number of anilines is 1. The third-order valence-corrected chi connectivity index (χ3v) is 8.65. The van der Waals surface area contributed by atoms with Crippen molar-refractivity contribution in [3.8, 4) is 0 Å². The van der Waals surface area contributed by atoms with Crippen LogP contribution in [0.1, 0.15) is 22.8 Å². The molecular weight excluding hydrogens is 501 g/mol. The normalized spacial score (nSPS) is 11.8. The summed E-state index contributed by atoms with van der Waals surface area (Å²) in [7, 11) is -3.71. The Morgan fingerprint density at radius 3 is 2.39 bits per heavy atom. The number of nitrogens with one attached hydrogen (secondary N) is 1. The van der Waals surface area contributed by atoms with Crippen molar-refractivity contribution in [1.82, 2.24) is 9.29 Å². The number of carbonyl (C=O) groups is 1. The van der Waals surface area contributed by atoms with Crippen molar-refractivity contribution in [3.05, 3.63) is 87.9 Å². The zero-order chi connectivity index (χ0) is 23.6. The molecule has 33 heavy (non-hydrogen) atoms. The van der Waals surface area contributed by atoms with Crippen molar-refractivity contribution in [2.75, 3.05) is 11.9 Å². The number of halogens is 2. The van der Waals surface area contributed by atoms with Gasteiger partial charge in [0.2, 0.25) is 10.0 Å². The molecular formula is C23H19Cl2N3O3S2. The van der Waals surface area contributed by atoms with Crippen molar-refractivity contribution < 1.29 is 13.2 Å². The van der Waals surface area contributed by atoms with E-state index in [1.54, 1.807) is 19.1 Å². The summed E-state index contributed by atoms with van der Waals surface area (Å²) >= 11 is 13.5. The van der Waals surface area contributed by atoms with Crippen LogP contribution in [0.15, 0.2) is 71.6 Å². The quantitative estimate of drug-likeness (QED) is 0.321. The largest absolute Gasteiger partial charge is 0.298 e. The molecule has 0 aliphatic carbocycles. The number of sulfonamides is 1. The summed E-state index contributed by atoms with van der Waals surface area (Å²) in [5.74, 6) is -0.406. The average molecular weight is 520 g/mol. The molecule has 0 atom stereocenters. The van der Waals surface area contributed by atoms with Crippen molar-refractivity contribution >= 4 is 65.8 Å². The fraction of sp³-hybridized carbons (Fsp3) is 0.130. The lowest BCUT2D eigenvalue weighted by Crippen LogP contribution is -2.30. The summed E-state index contributed by atoms with van der Waals surface area (Å²) in [6, 6.07) is 18.7. The molecule has 0 radical (unpaired) electrons.